The highest BCUT2D eigenvalue weighted by atomic mass is 79.9. The minimum absolute atomic E-state index is 0.0158. The van der Waals surface area contributed by atoms with Gasteiger partial charge in [0.1, 0.15) is 27.2 Å². The number of nitrogens with zero attached hydrogens (tertiary/aromatic N) is 3. The van der Waals surface area contributed by atoms with E-state index in [1.807, 2.05) is 0 Å². The fourth-order valence-electron chi connectivity index (χ4n) is 3.29. The molecule has 0 radical (unpaired) electrons. The van der Waals surface area contributed by atoms with Gasteiger partial charge in [0.2, 0.25) is 5.91 Å². The molecular formula is C20H15BrF3N5O3S. The summed E-state index contributed by atoms with van der Waals surface area (Å²) < 4.78 is 47.9. The van der Waals surface area contributed by atoms with Gasteiger partial charge in [-0.05, 0) is 48.0 Å². The first kappa shape index (κ1) is 23.0. The number of carbonyl (C=O) groups is 2. The van der Waals surface area contributed by atoms with Gasteiger partial charge >= 0.3 is 6.18 Å². The van der Waals surface area contributed by atoms with Crippen LogP contribution in [0.5, 0.6) is 0 Å². The van der Waals surface area contributed by atoms with Crippen LogP contribution in [0.3, 0.4) is 0 Å². The van der Waals surface area contributed by atoms with E-state index in [0.717, 1.165) is 6.07 Å². The summed E-state index contributed by atoms with van der Waals surface area (Å²) in [7, 11) is 0. The first-order valence-electron chi connectivity index (χ1n) is 9.38. The number of primary amides is 1. The average Bonchev–Trinajstić information content (AvgIpc) is 3.47. The first-order valence-corrected chi connectivity index (χ1v) is 11.0. The van der Waals surface area contributed by atoms with Crippen LogP contribution in [-0.4, -0.2) is 26.6 Å². The molecule has 2 amide bonds. The van der Waals surface area contributed by atoms with E-state index in [1.165, 1.54) is 29.3 Å². The lowest BCUT2D eigenvalue weighted by Gasteiger charge is -2.16. The number of aromatic nitrogens is 3. The molecule has 0 aliphatic heterocycles. The molecule has 0 fully saturated rings. The largest absolute Gasteiger partial charge is 0.464 e. The molecule has 0 saturated carbocycles. The number of rotatable bonds is 5. The molecule has 0 aliphatic carbocycles. The molecule has 0 spiro atoms. The molecule has 0 saturated heterocycles. The summed E-state index contributed by atoms with van der Waals surface area (Å²) in [5, 5.41) is 6.91. The fourth-order valence-corrected chi connectivity index (χ4v) is 4.57. The van der Waals surface area contributed by atoms with E-state index in [0.29, 0.717) is 21.5 Å². The Kier molecular flexibility index (Phi) is 5.78. The van der Waals surface area contributed by atoms with Crippen molar-refractivity contribution in [1.29, 1.82) is 0 Å². The highest BCUT2D eigenvalue weighted by Gasteiger charge is 2.35. The van der Waals surface area contributed by atoms with Gasteiger partial charge in [0.25, 0.3) is 5.91 Å². The number of nitrogens with one attached hydrogen (secondary N) is 1. The van der Waals surface area contributed by atoms with E-state index in [1.54, 1.807) is 13.8 Å². The van der Waals surface area contributed by atoms with Gasteiger partial charge in [-0.2, -0.15) is 18.3 Å². The topological polar surface area (TPSA) is 116 Å². The van der Waals surface area contributed by atoms with Crippen LogP contribution >= 0.6 is 27.3 Å². The Morgan fingerprint density at radius 2 is 2.09 bits per heavy atom. The number of pyridine rings is 1. The van der Waals surface area contributed by atoms with Gasteiger partial charge in [-0.15, -0.1) is 11.3 Å². The number of anilines is 1. The highest BCUT2D eigenvalue weighted by Crippen LogP contribution is 2.44. The van der Waals surface area contributed by atoms with Crippen LogP contribution in [0, 0.1) is 6.92 Å². The number of nitrogens with two attached hydrogens (primary N) is 1. The van der Waals surface area contributed by atoms with Gasteiger partial charge in [0.05, 0.1) is 28.3 Å². The zero-order chi connectivity index (χ0) is 24.1. The van der Waals surface area contributed by atoms with E-state index in [2.05, 4.69) is 31.3 Å². The van der Waals surface area contributed by atoms with Crippen LogP contribution in [0.2, 0.25) is 0 Å². The minimum Gasteiger partial charge on any atom is -0.464 e. The standard InChI is InChI=1S/C20H15BrF3N5O3S/c1-8-11(21)7-26-29(8)9(2)18(31)28-15-14-10(12-4-3-5-32-12)6-13(20(22,23)24)27-19(14)33-16(15)17(25)30/h3-7,9H,1-2H3,(H2,25,30)(H,28,31). The first-order chi connectivity index (χ1) is 15.5. The molecule has 3 N–H and O–H groups in total. The minimum atomic E-state index is -4.74. The maximum atomic E-state index is 13.5. The van der Waals surface area contributed by atoms with E-state index in [9.17, 15) is 22.8 Å². The second-order valence-corrected chi connectivity index (χ2v) is 8.92. The van der Waals surface area contributed by atoms with E-state index in [4.69, 9.17) is 10.2 Å². The summed E-state index contributed by atoms with van der Waals surface area (Å²) in [6.07, 6.45) is -1.91. The summed E-state index contributed by atoms with van der Waals surface area (Å²) >= 11 is 3.99. The van der Waals surface area contributed by atoms with Gasteiger partial charge in [-0.25, -0.2) is 4.98 Å². The monoisotopic (exact) mass is 541 g/mol. The maximum absolute atomic E-state index is 13.5. The number of hydrogen-bond donors (Lipinski definition) is 2. The van der Waals surface area contributed by atoms with Gasteiger partial charge in [-0.3, -0.25) is 14.3 Å². The van der Waals surface area contributed by atoms with Gasteiger partial charge in [0, 0.05) is 10.9 Å². The third-order valence-corrected chi connectivity index (χ3v) is 6.82. The van der Waals surface area contributed by atoms with E-state index < -0.39 is 29.7 Å². The molecule has 4 aromatic heterocycles. The normalized spacial score (nSPS) is 12.8. The lowest BCUT2D eigenvalue weighted by molar-refractivity contribution is -0.140. The third-order valence-electron chi connectivity index (χ3n) is 4.94. The molecule has 1 atom stereocenters. The Labute approximate surface area is 196 Å². The fraction of sp³-hybridized carbons (Fsp3) is 0.200. The zero-order valence-electron chi connectivity index (χ0n) is 17.0. The van der Waals surface area contributed by atoms with Crippen LogP contribution < -0.4 is 11.1 Å². The SMILES string of the molecule is Cc1c(Br)cnn1C(C)C(=O)Nc1c(C(N)=O)sc2nc(C(F)(F)F)cc(-c3ccco3)c12. The summed E-state index contributed by atoms with van der Waals surface area (Å²) in [6, 6.07) is 2.98. The molecular weight excluding hydrogens is 527 g/mol. The van der Waals surface area contributed by atoms with E-state index in [-0.39, 0.29) is 32.1 Å². The average molecular weight is 542 g/mol. The van der Waals surface area contributed by atoms with E-state index >= 15 is 0 Å². The van der Waals surface area contributed by atoms with Crippen molar-refractivity contribution in [1.82, 2.24) is 14.8 Å². The second kappa shape index (κ2) is 8.30. The lowest BCUT2D eigenvalue weighted by atomic mass is 10.1. The predicted molar refractivity (Wildman–Crippen MR) is 119 cm³/mol. The molecule has 13 heteroatoms. The van der Waals surface area contributed by atoms with Crippen LogP contribution in [0.1, 0.15) is 34.0 Å². The number of hydrogen-bond acceptors (Lipinski definition) is 6. The Morgan fingerprint density at radius 3 is 2.64 bits per heavy atom. The maximum Gasteiger partial charge on any atom is 0.433 e. The van der Waals surface area contributed by atoms with Crippen LogP contribution in [0.15, 0.2) is 39.5 Å². The van der Waals surface area contributed by atoms with Crippen molar-refractivity contribution in [2.75, 3.05) is 5.32 Å². The number of thiophene rings is 1. The van der Waals surface area contributed by atoms with Gasteiger partial charge in [0.15, 0.2) is 0 Å². The Hall–Kier alpha value is -3.19. The number of amides is 2. The summed E-state index contributed by atoms with van der Waals surface area (Å²) in [6.45, 7) is 3.35. The molecule has 0 aromatic carbocycles. The van der Waals surface area contributed by atoms with Crippen molar-refractivity contribution in [2.45, 2.75) is 26.1 Å². The quantitative estimate of drug-likeness (QED) is 0.362. The number of furan rings is 1. The lowest BCUT2D eigenvalue weighted by Crippen LogP contribution is -2.26. The van der Waals surface area contributed by atoms with Crippen molar-refractivity contribution < 1.29 is 27.2 Å². The molecule has 1 unspecified atom stereocenters. The molecule has 4 heterocycles. The van der Waals surface area contributed by atoms with Crippen molar-refractivity contribution in [2.24, 2.45) is 5.73 Å². The molecule has 172 valence electrons. The second-order valence-electron chi connectivity index (χ2n) is 7.07. The third kappa shape index (κ3) is 4.13. The predicted octanol–water partition coefficient (Wildman–Crippen LogP) is 5.14. The highest BCUT2D eigenvalue weighted by molar-refractivity contribution is 9.10. The molecule has 33 heavy (non-hydrogen) atoms. The number of fused-ring (bicyclic) bond motifs is 1. The van der Waals surface area contributed by atoms with Crippen LogP contribution in [0.25, 0.3) is 21.5 Å². The van der Waals surface area contributed by atoms with Crippen molar-refractivity contribution >= 4 is 55.0 Å². The Balaban J connectivity index is 1.90. The van der Waals surface area contributed by atoms with Crippen molar-refractivity contribution in [3.63, 3.8) is 0 Å². The smallest absolute Gasteiger partial charge is 0.433 e. The zero-order valence-corrected chi connectivity index (χ0v) is 19.4. The van der Waals surface area contributed by atoms with Crippen molar-refractivity contribution in [3.05, 3.63) is 51.4 Å². The molecule has 8 nitrogen and oxygen atoms in total. The summed E-state index contributed by atoms with van der Waals surface area (Å²) in [4.78, 5) is 28.6. The van der Waals surface area contributed by atoms with Crippen LogP contribution in [-0.2, 0) is 11.0 Å². The summed E-state index contributed by atoms with van der Waals surface area (Å²) in [5.74, 6) is -1.36. The summed E-state index contributed by atoms with van der Waals surface area (Å²) in [5.41, 5.74) is 4.99. The Bertz CT molecular complexity index is 1380. The van der Waals surface area contributed by atoms with Crippen LogP contribution in [0.4, 0.5) is 18.9 Å². The number of carbonyl (C=O) groups excluding carboxylic acids is 2. The molecule has 0 aliphatic rings. The number of halogens is 4. The molecule has 4 aromatic rings. The molecule has 4 rings (SSSR count). The Morgan fingerprint density at radius 1 is 1.36 bits per heavy atom. The molecule has 0 bridgehead atoms. The van der Waals surface area contributed by atoms with Crippen molar-refractivity contribution in [3.8, 4) is 11.3 Å². The van der Waals surface area contributed by atoms with Gasteiger partial charge in [-0.1, -0.05) is 0 Å². The van der Waals surface area contributed by atoms with Gasteiger partial charge < -0.3 is 15.5 Å². The number of alkyl halides is 3.